The third-order valence-electron chi connectivity index (χ3n) is 1.90. The zero-order chi connectivity index (χ0) is 13.0. The number of hydrogen-bond acceptors (Lipinski definition) is 3. The number of anilines is 1. The fourth-order valence-corrected chi connectivity index (χ4v) is 1.46. The van der Waals surface area contributed by atoms with Gasteiger partial charge in [0.1, 0.15) is 5.82 Å². The molecule has 0 aromatic heterocycles. The number of carbonyl (C=O) groups is 2. The number of carbonyl (C=O) groups excluding carboxylic acids is 2. The van der Waals surface area contributed by atoms with Crippen LogP contribution in [0.15, 0.2) is 22.7 Å². The number of amides is 1. The Balaban J connectivity index is 2.71. The molecule has 1 rings (SSSR count). The molecule has 0 aliphatic rings. The molecular weight excluding hydrogens is 293 g/mol. The van der Waals surface area contributed by atoms with Crippen LogP contribution in [-0.2, 0) is 14.3 Å². The van der Waals surface area contributed by atoms with Gasteiger partial charge in [-0.05, 0) is 25.1 Å². The second-order valence-corrected chi connectivity index (χ2v) is 4.28. The Hall–Kier alpha value is -1.43. The zero-order valence-corrected chi connectivity index (χ0v) is 10.9. The van der Waals surface area contributed by atoms with E-state index in [0.717, 1.165) is 0 Å². The summed E-state index contributed by atoms with van der Waals surface area (Å²) in [6, 6.07) is 4.24. The van der Waals surface area contributed by atoms with Gasteiger partial charge in [-0.2, -0.15) is 0 Å². The van der Waals surface area contributed by atoms with Crippen molar-refractivity contribution < 1.29 is 18.7 Å². The van der Waals surface area contributed by atoms with Crippen LogP contribution in [0.3, 0.4) is 0 Å². The lowest BCUT2D eigenvalue weighted by Crippen LogP contribution is -2.29. The number of rotatable bonds is 3. The maximum absolute atomic E-state index is 13.4. The second kappa shape index (κ2) is 5.77. The van der Waals surface area contributed by atoms with Crippen molar-refractivity contribution in [3.05, 3.63) is 28.5 Å². The van der Waals surface area contributed by atoms with E-state index in [0.29, 0.717) is 4.47 Å². The van der Waals surface area contributed by atoms with E-state index in [9.17, 15) is 14.0 Å². The summed E-state index contributed by atoms with van der Waals surface area (Å²) >= 11 is 3.10. The molecule has 0 spiro atoms. The number of esters is 1. The molecule has 0 fully saturated rings. The van der Waals surface area contributed by atoms with Gasteiger partial charge in [0, 0.05) is 11.4 Å². The molecule has 0 saturated heterocycles. The van der Waals surface area contributed by atoms with Gasteiger partial charge in [-0.15, -0.1) is 0 Å². The van der Waals surface area contributed by atoms with Gasteiger partial charge in [-0.3, -0.25) is 9.59 Å². The third kappa shape index (κ3) is 4.14. The van der Waals surface area contributed by atoms with Crippen molar-refractivity contribution in [1.29, 1.82) is 0 Å². The average Bonchev–Trinajstić information content (AvgIpc) is 2.21. The lowest BCUT2D eigenvalue weighted by molar-refractivity contribution is -0.150. The first-order valence-electron chi connectivity index (χ1n) is 4.83. The highest BCUT2D eigenvalue weighted by Gasteiger charge is 2.17. The van der Waals surface area contributed by atoms with E-state index in [1.165, 1.54) is 26.0 Å². The first-order chi connectivity index (χ1) is 7.90. The van der Waals surface area contributed by atoms with E-state index in [1.54, 1.807) is 6.07 Å². The van der Waals surface area contributed by atoms with E-state index < -0.39 is 23.8 Å². The summed E-state index contributed by atoms with van der Waals surface area (Å²) in [6.45, 7) is 2.61. The maximum Gasteiger partial charge on any atom is 0.303 e. The summed E-state index contributed by atoms with van der Waals surface area (Å²) in [5.74, 6) is -1.71. The van der Waals surface area contributed by atoms with Crippen molar-refractivity contribution in [3.8, 4) is 0 Å². The van der Waals surface area contributed by atoms with Gasteiger partial charge in [0.05, 0.1) is 5.69 Å². The fraction of sp³-hybridized carbons (Fsp3) is 0.273. The highest BCUT2D eigenvalue weighted by Crippen LogP contribution is 2.19. The van der Waals surface area contributed by atoms with Gasteiger partial charge in [-0.1, -0.05) is 15.9 Å². The van der Waals surface area contributed by atoms with Gasteiger partial charge in [0.2, 0.25) is 0 Å². The predicted molar refractivity (Wildman–Crippen MR) is 64.0 cm³/mol. The summed E-state index contributed by atoms with van der Waals surface area (Å²) < 4.78 is 18.6. The summed E-state index contributed by atoms with van der Waals surface area (Å²) in [6.07, 6.45) is -0.962. The lowest BCUT2D eigenvalue weighted by Gasteiger charge is -2.12. The number of benzene rings is 1. The summed E-state index contributed by atoms with van der Waals surface area (Å²) in [5, 5.41) is 2.33. The van der Waals surface area contributed by atoms with Crippen LogP contribution in [0, 0.1) is 5.82 Å². The van der Waals surface area contributed by atoms with E-state index in [-0.39, 0.29) is 5.69 Å². The Kier molecular flexibility index (Phi) is 4.62. The van der Waals surface area contributed by atoms with Gasteiger partial charge < -0.3 is 10.1 Å². The lowest BCUT2D eigenvalue weighted by atomic mass is 10.3. The second-order valence-electron chi connectivity index (χ2n) is 3.37. The normalized spacial score (nSPS) is 11.8. The van der Waals surface area contributed by atoms with Crippen molar-refractivity contribution in [2.75, 3.05) is 5.32 Å². The monoisotopic (exact) mass is 303 g/mol. The van der Waals surface area contributed by atoms with Gasteiger partial charge in [0.15, 0.2) is 6.10 Å². The van der Waals surface area contributed by atoms with Crippen LogP contribution < -0.4 is 5.32 Å². The summed E-state index contributed by atoms with van der Waals surface area (Å²) in [4.78, 5) is 22.2. The molecule has 1 amide bonds. The molecule has 17 heavy (non-hydrogen) atoms. The van der Waals surface area contributed by atoms with Crippen molar-refractivity contribution in [1.82, 2.24) is 0 Å². The molecule has 0 aliphatic carbocycles. The molecule has 1 atom stereocenters. The largest absolute Gasteiger partial charge is 0.453 e. The molecular formula is C11H11BrFNO3. The number of hydrogen-bond donors (Lipinski definition) is 1. The highest BCUT2D eigenvalue weighted by atomic mass is 79.9. The highest BCUT2D eigenvalue weighted by molar-refractivity contribution is 9.10. The smallest absolute Gasteiger partial charge is 0.303 e. The van der Waals surface area contributed by atoms with E-state index in [4.69, 9.17) is 0 Å². The Morgan fingerprint density at radius 1 is 1.47 bits per heavy atom. The Labute approximate surface area is 106 Å². The molecule has 0 aliphatic heterocycles. The molecule has 0 unspecified atom stereocenters. The van der Waals surface area contributed by atoms with Crippen molar-refractivity contribution >= 4 is 33.5 Å². The first-order valence-corrected chi connectivity index (χ1v) is 5.62. The quantitative estimate of drug-likeness (QED) is 0.873. The van der Waals surface area contributed by atoms with E-state index >= 15 is 0 Å². The van der Waals surface area contributed by atoms with Crippen LogP contribution in [0.2, 0.25) is 0 Å². The minimum atomic E-state index is -0.962. The van der Waals surface area contributed by atoms with Gasteiger partial charge in [-0.25, -0.2) is 4.39 Å². The van der Waals surface area contributed by atoms with Gasteiger partial charge in [0.25, 0.3) is 5.91 Å². The zero-order valence-electron chi connectivity index (χ0n) is 9.29. The number of nitrogens with one attached hydrogen (secondary N) is 1. The standard InChI is InChI=1S/C11H11BrFNO3/c1-6(17-7(2)15)11(16)14-10-4-3-8(12)5-9(10)13/h3-6H,1-2H3,(H,14,16)/t6-/m0/s1. The van der Waals surface area contributed by atoms with E-state index in [2.05, 4.69) is 26.0 Å². The van der Waals surface area contributed by atoms with Crippen LogP contribution in [0.5, 0.6) is 0 Å². The topological polar surface area (TPSA) is 55.4 Å². The molecule has 1 N–H and O–H groups in total. The van der Waals surface area contributed by atoms with Crippen LogP contribution >= 0.6 is 15.9 Å². The number of ether oxygens (including phenoxy) is 1. The fourth-order valence-electron chi connectivity index (χ4n) is 1.13. The molecule has 92 valence electrons. The molecule has 0 bridgehead atoms. The molecule has 0 heterocycles. The predicted octanol–water partition coefficient (Wildman–Crippen LogP) is 2.48. The van der Waals surface area contributed by atoms with Crippen LogP contribution in [-0.4, -0.2) is 18.0 Å². The maximum atomic E-state index is 13.4. The van der Waals surface area contributed by atoms with Crippen LogP contribution in [0.25, 0.3) is 0 Å². The van der Waals surface area contributed by atoms with Crippen LogP contribution in [0.1, 0.15) is 13.8 Å². The first kappa shape index (κ1) is 13.6. The summed E-state index contributed by atoms with van der Waals surface area (Å²) in [5.41, 5.74) is 0.0391. The molecule has 1 aromatic rings. The van der Waals surface area contributed by atoms with Gasteiger partial charge >= 0.3 is 5.97 Å². The summed E-state index contributed by atoms with van der Waals surface area (Å²) in [7, 11) is 0. The van der Waals surface area contributed by atoms with Crippen LogP contribution in [0.4, 0.5) is 10.1 Å². The van der Waals surface area contributed by atoms with Crippen molar-refractivity contribution in [2.24, 2.45) is 0 Å². The molecule has 0 radical (unpaired) electrons. The van der Waals surface area contributed by atoms with E-state index in [1.807, 2.05) is 0 Å². The van der Waals surface area contributed by atoms with Crippen molar-refractivity contribution in [2.45, 2.75) is 20.0 Å². The molecule has 4 nitrogen and oxygen atoms in total. The molecule has 6 heteroatoms. The minimum absolute atomic E-state index is 0.0391. The molecule has 1 aromatic carbocycles. The SMILES string of the molecule is CC(=O)O[C@@H](C)C(=O)Nc1ccc(Br)cc1F. The average molecular weight is 304 g/mol. The number of halogens is 2. The van der Waals surface area contributed by atoms with Crippen molar-refractivity contribution in [3.63, 3.8) is 0 Å². The Morgan fingerprint density at radius 3 is 2.65 bits per heavy atom. The molecule has 0 saturated carbocycles. The third-order valence-corrected chi connectivity index (χ3v) is 2.39. The Morgan fingerprint density at radius 2 is 2.12 bits per heavy atom. The Bertz CT molecular complexity index is 450. The minimum Gasteiger partial charge on any atom is -0.453 e.